The number of hydrogen-bond acceptors (Lipinski definition) is 1. The first-order valence-corrected chi connectivity index (χ1v) is 2.47. The van der Waals surface area contributed by atoms with Crippen LogP contribution < -0.4 is 5.73 Å². The van der Waals surface area contributed by atoms with Crippen LogP contribution in [0, 0.1) is 6.92 Å². The number of rotatable bonds is 0. The summed E-state index contributed by atoms with van der Waals surface area (Å²) in [6, 6.07) is 7.53. The van der Waals surface area contributed by atoms with Gasteiger partial charge in [-0.2, -0.15) is 18.6 Å². The maximum absolute atomic E-state index is 5.46. The van der Waals surface area contributed by atoms with Gasteiger partial charge in [-0.05, 0) is 0 Å². The molecule has 0 unspecified atom stereocenters. The minimum absolute atomic E-state index is 0. The first-order chi connectivity index (χ1) is 3.80. The number of anilines is 1. The second-order valence-corrected chi connectivity index (χ2v) is 1.70. The van der Waals surface area contributed by atoms with Gasteiger partial charge in [0.1, 0.15) is 0 Å². The van der Waals surface area contributed by atoms with Gasteiger partial charge in [-0.1, -0.05) is 17.8 Å². The van der Waals surface area contributed by atoms with Crippen molar-refractivity contribution in [3.05, 3.63) is 36.8 Å². The Hall–Kier alpha value is 0.578. The molecule has 0 bridgehead atoms. The summed E-state index contributed by atoms with van der Waals surface area (Å²) in [5.74, 6) is 0. The molecule has 1 aromatic rings. The fourth-order valence-electron chi connectivity index (χ4n) is 0.534. The zero-order chi connectivity index (χ0) is 5.98. The smallest absolute Gasteiger partial charge is 0 e. The Morgan fingerprint density at radius 1 is 1.20 bits per heavy atom. The molecular formula is C7H8NVY-. The third-order valence-corrected chi connectivity index (χ3v) is 1.06. The van der Waals surface area contributed by atoms with E-state index in [0.717, 1.165) is 11.3 Å². The Kier molecular flexibility index (Phi) is 8.31. The average molecular weight is 246 g/mol. The Labute approximate surface area is 98.5 Å². The molecule has 3 heteroatoms. The molecule has 0 saturated carbocycles. The Balaban J connectivity index is 0. The summed E-state index contributed by atoms with van der Waals surface area (Å²) in [5, 5.41) is 0. The molecule has 0 aliphatic rings. The first-order valence-electron chi connectivity index (χ1n) is 2.47. The minimum Gasteiger partial charge on any atom is -0.449 e. The van der Waals surface area contributed by atoms with Gasteiger partial charge in [-0.3, -0.25) is 0 Å². The van der Waals surface area contributed by atoms with E-state index in [0.29, 0.717) is 0 Å². The topological polar surface area (TPSA) is 26.0 Å². The van der Waals surface area contributed by atoms with Gasteiger partial charge in [-0.15, -0.1) is 6.07 Å². The van der Waals surface area contributed by atoms with E-state index >= 15 is 0 Å². The van der Waals surface area contributed by atoms with Crippen molar-refractivity contribution in [2.75, 3.05) is 5.73 Å². The molecule has 50 valence electrons. The van der Waals surface area contributed by atoms with Gasteiger partial charge in [0, 0.05) is 51.3 Å². The van der Waals surface area contributed by atoms with Gasteiger partial charge in [0.15, 0.2) is 0 Å². The van der Waals surface area contributed by atoms with Gasteiger partial charge in [0.2, 0.25) is 0 Å². The van der Waals surface area contributed by atoms with Crippen LogP contribution in [0.5, 0.6) is 0 Å². The third kappa shape index (κ3) is 3.67. The summed E-state index contributed by atoms with van der Waals surface area (Å²) in [6.07, 6.45) is 0. The quantitative estimate of drug-likeness (QED) is 0.544. The fraction of sp³-hybridized carbons (Fsp3) is 0. The first kappa shape index (κ1) is 13.2. The van der Waals surface area contributed by atoms with Crippen molar-refractivity contribution in [2.24, 2.45) is 0 Å². The molecule has 0 saturated heterocycles. The zero-order valence-electron chi connectivity index (χ0n) is 5.62. The summed E-state index contributed by atoms with van der Waals surface area (Å²) in [4.78, 5) is 0. The van der Waals surface area contributed by atoms with Gasteiger partial charge in [0.25, 0.3) is 0 Å². The van der Waals surface area contributed by atoms with E-state index in [1.54, 1.807) is 0 Å². The fourth-order valence-corrected chi connectivity index (χ4v) is 0.534. The van der Waals surface area contributed by atoms with Crippen molar-refractivity contribution in [2.45, 2.75) is 0 Å². The summed E-state index contributed by atoms with van der Waals surface area (Å²) >= 11 is 0. The molecule has 0 aromatic heterocycles. The Morgan fingerprint density at radius 2 is 1.70 bits per heavy atom. The number of nitrogen functional groups attached to an aromatic ring is 1. The minimum atomic E-state index is 0. The summed E-state index contributed by atoms with van der Waals surface area (Å²) in [6.45, 7) is 3.70. The molecule has 0 spiro atoms. The number of benzene rings is 1. The second kappa shape index (κ2) is 6.30. The van der Waals surface area contributed by atoms with E-state index < -0.39 is 0 Å². The summed E-state index contributed by atoms with van der Waals surface area (Å²) in [7, 11) is 0. The summed E-state index contributed by atoms with van der Waals surface area (Å²) < 4.78 is 0. The average Bonchev–Trinajstić information content (AvgIpc) is 1.77. The van der Waals surface area contributed by atoms with Crippen molar-refractivity contribution < 1.29 is 51.3 Å². The SMILES string of the molecule is [CH2-]c1ccccc1N.[V].[Y]. The van der Waals surface area contributed by atoms with E-state index in [-0.39, 0.29) is 51.3 Å². The molecule has 2 N–H and O–H groups in total. The van der Waals surface area contributed by atoms with Crippen molar-refractivity contribution in [3.63, 3.8) is 0 Å². The molecule has 0 atom stereocenters. The number of nitrogens with two attached hydrogens (primary N) is 1. The van der Waals surface area contributed by atoms with Gasteiger partial charge >= 0.3 is 0 Å². The summed E-state index contributed by atoms with van der Waals surface area (Å²) in [5.41, 5.74) is 7.11. The Morgan fingerprint density at radius 3 is 2.00 bits per heavy atom. The van der Waals surface area contributed by atoms with Crippen LogP contribution in [-0.2, 0) is 51.3 Å². The largest absolute Gasteiger partial charge is 0.449 e. The molecular weight excluding hydrogens is 238 g/mol. The molecule has 1 nitrogen and oxygen atoms in total. The molecule has 0 aliphatic heterocycles. The van der Waals surface area contributed by atoms with Gasteiger partial charge in [0.05, 0.1) is 0 Å². The van der Waals surface area contributed by atoms with Crippen LogP contribution >= 0.6 is 0 Å². The standard InChI is InChI=1S/C7H8N.V.Y/c1-6-4-2-3-5-7(6)8;;/h2-5H,1,8H2;;/q-1;;. The molecule has 2 radical (unpaired) electrons. The number of hydrogen-bond donors (Lipinski definition) is 1. The van der Waals surface area contributed by atoms with Crippen LogP contribution in [0.2, 0.25) is 0 Å². The molecule has 10 heavy (non-hydrogen) atoms. The monoisotopic (exact) mass is 246 g/mol. The Bertz CT molecular complexity index is 170. The number of para-hydroxylation sites is 1. The van der Waals surface area contributed by atoms with Crippen molar-refractivity contribution in [3.8, 4) is 0 Å². The van der Waals surface area contributed by atoms with E-state index in [1.165, 1.54) is 0 Å². The third-order valence-electron chi connectivity index (χ3n) is 1.06. The van der Waals surface area contributed by atoms with E-state index in [9.17, 15) is 0 Å². The van der Waals surface area contributed by atoms with Crippen molar-refractivity contribution >= 4 is 5.69 Å². The van der Waals surface area contributed by atoms with Crippen LogP contribution in [0.4, 0.5) is 5.69 Å². The van der Waals surface area contributed by atoms with E-state index in [1.807, 2.05) is 24.3 Å². The van der Waals surface area contributed by atoms with Crippen molar-refractivity contribution in [1.29, 1.82) is 0 Å². The van der Waals surface area contributed by atoms with Gasteiger partial charge < -0.3 is 5.73 Å². The van der Waals surface area contributed by atoms with Gasteiger partial charge in [-0.25, -0.2) is 0 Å². The predicted molar refractivity (Wildman–Crippen MR) is 35.3 cm³/mol. The molecule has 0 amide bonds. The predicted octanol–water partition coefficient (Wildman–Crippen LogP) is 1.45. The maximum Gasteiger partial charge on any atom is 0 e. The van der Waals surface area contributed by atoms with Crippen LogP contribution in [0.15, 0.2) is 24.3 Å². The van der Waals surface area contributed by atoms with Crippen LogP contribution in [0.25, 0.3) is 0 Å². The molecule has 1 aromatic carbocycles. The molecule has 0 aliphatic carbocycles. The molecule has 0 heterocycles. The normalized spacial score (nSPS) is 7.20. The van der Waals surface area contributed by atoms with Crippen LogP contribution in [-0.4, -0.2) is 0 Å². The second-order valence-electron chi connectivity index (χ2n) is 1.70. The van der Waals surface area contributed by atoms with Crippen LogP contribution in [0.3, 0.4) is 0 Å². The zero-order valence-corrected chi connectivity index (χ0v) is 9.85. The van der Waals surface area contributed by atoms with Crippen molar-refractivity contribution in [1.82, 2.24) is 0 Å². The van der Waals surface area contributed by atoms with E-state index in [4.69, 9.17) is 5.73 Å². The van der Waals surface area contributed by atoms with E-state index in [2.05, 4.69) is 6.92 Å². The molecule has 0 fully saturated rings. The molecule has 1 rings (SSSR count). The maximum atomic E-state index is 5.46. The van der Waals surface area contributed by atoms with Crippen LogP contribution in [0.1, 0.15) is 5.56 Å².